The number of nitrogens with one attached hydrogen (secondary N) is 1. The summed E-state index contributed by atoms with van der Waals surface area (Å²) < 4.78 is 71.6. The summed E-state index contributed by atoms with van der Waals surface area (Å²) in [4.78, 5) is 55.9. The molecule has 3 fully saturated rings. The van der Waals surface area contributed by atoms with Crippen molar-refractivity contribution in [1.29, 1.82) is 0 Å². The Morgan fingerprint density at radius 3 is 2.48 bits per heavy atom. The average Bonchev–Trinajstić information content (AvgIpc) is 3.72. The number of nitrogens with two attached hydrogens (primary N) is 2. The number of anilines is 2. The molecule has 3 unspecified atom stereocenters. The summed E-state index contributed by atoms with van der Waals surface area (Å²) in [6.45, 7) is -1.25. The van der Waals surface area contributed by atoms with E-state index >= 15 is 4.39 Å². The number of nitrogens with zero attached hydrogens (tertiary/aromatic N) is 7. The van der Waals surface area contributed by atoms with Crippen molar-refractivity contribution in [3.8, 4) is 0 Å². The Morgan fingerprint density at radius 2 is 1.66 bits per heavy atom. The van der Waals surface area contributed by atoms with Gasteiger partial charge in [-0.3, -0.25) is 32.4 Å². The molecule has 0 spiro atoms. The van der Waals surface area contributed by atoms with Gasteiger partial charge in [-0.2, -0.15) is 4.98 Å². The molecule has 4 aromatic heterocycles. The molecule has 20 nitrogen and oxygen atoms in total. The highest BCUT2D eigenvalue weighted by Gasteiger charge is 2.52. The Bertz CT molecular complexity index is 1900. The Kier molecular flexibility index (Phi) is 7.07. The van der Waals surface area contributed by atoms with Gasteiger partial charge in [0, 0.05) is 12.0 Å². The molecule has 23 heteroatoms. The predicted molar refractivity (Wildman–Crippen MR) is 144 cm³/mol. The van der Waals surface area contributed by atoms with Crippen LogP contribution in [0.1, 0.15) is 25.1 Å². The Hall–Kier alpha value is -3.39. The molecule has 2 aliphatic heterocycles. The molecule has 0 aromatic carbocycles. The van der Waals surface area contributed by atoms with E-state index in [1.54, 1.807) is 4.57 Å². The maximum atomic E-state index is 15.9. The normalized spacial score (nSPS) is 36.6. The highest BCUT2D eigenvalue weighted by molar-refractivity contribution is 7.47. The molecule has 7 rings (SSSR count). The molecule has 1 aliphatic carbocycles. The van der Waals surface area contributed by atoms with E-state index in [9.17, 15) is 23.7 Å². The van der Waals surface area contributed by atoms with E-state index in [2.05, 4.69) is 29.9 Å². The molecule has 0 radical (unpaired) electrons. The first-order valence-corrected chi connectivity index (χ1v) is 16.1. The van der Waals surface area contributed by atoms with Gasteiger partial charge in [0.2, 0.25) is 5.95 Å². The van der Waals surface area contributed by atoms with Gasteiger partial charge < -0.3 is 30.6 Å². The van der Waals surface area contributed by atoms with Crippen molar-refractivity contribution in [3.63, 3.8) is 0 Å². The van der Waals surface area contributed by atoms with Crippen LogP contribution in [0.2, 0.25) is 0 Å². The fourth-order valence-electron chi connectivity index (χ4n) is 5.78. The van der Waals surface area contributed by atoms with E-state index in [4.69, 9.17) is 34.3 Å². The van der Waals surface area contributed by atoms with Crippen molar-refractivity contribution in [3.05, 3.63) is 29.3 Å². The largest absolute Gasteiger partial charge is 0.472 e. The van der Waals surface area contributed by atoms with E-state index in [0.717, 1.165) is 6.33 Å². The van der Waals surface area contributed by atoms with Crippen molar-refractivity contribution in [2.24, 2.45) is 5.92 Å². The van der Waals surface area contributed by atoms with Gasteiger partial charge in [0.1, 0.15) is 24.1 Å². The van der Waals surface area contributed by atoms with Crippen LogP contribution in [0.4, 0.5) is 16.2 Å². The molecule has 7 N–H and O–H groups in total. The second-order valence-corrected chi connectivity index (χ2v) is 13.3. The lowest BCUT2D eigenvalue weighted by Gasteiger charge is -2.27. The van der Waals surface area contributed by atoms with Crippen LogP contribution in [0, 0.1) is 5.92 Å². The third-order valence-electron chi connectivity index (χ3n) is 7.75. The zero-order valence-electron chi connectivity index (χ0n) is 22.3. The van der Waals surface area contributed by atoms with Crippen molar-refractivity contribution in [1.82, 2.24) is 39.0 Å². The summed E-state index contributed by atoms with van der Waals surface area (Å²) in [5.41, 5.74) is 11.4. The van der Waals surface area contributed by atoms with Crippen LogP contribution in [-0.2, 0) is 32.0 Å². The molecule has 236 valence electrons. The summed E-state index contributed by atoms with van der Waals surface area (Å²) in [6.07, 6.45) is -3.97. The first kappa shape index (κ1) is 29.3. The zero-order chi connectivity index (χ0) is 31.0. The minimum Gasteiger partial charge on any atom is -0.382 e. The fourth-order valence-corrected chi connectivity index (χ4v) is 7.77. The van der Waals surface area contributed by atoms with E-state index in [1.165, 1.54) is 17.2 Å². The third kappa shape index (κ3) is 5.19. The summed E-state index contributed by atoms with van der Waals surface area (Å²) in [7, 11) is -9.76. The number of halogens is 1. The van der Waals surface area contributed by atoms with Gasteiger partial charge in [0.15, 0.2) is 35.0 Å². The minimum absolute atomic E-state index is 0.0249. The van der Waals surface area contributed by atoms with E-state index in [0.29, 0.717) is 0 Å². The highest BCUT2D eigenvalue weighted by atomic mass is 31.2. The lowest BCUT2D eigenvalue weighted by Crippen LogP contribution is -2.35. The van der Waals surface area contributed by atoms with Crippen LogP contribution in [0.15, 0.2) is 23.8 Å². The molecule has 1 saturated carbocycles. The third-order valence-corrected chi connectivity index (χ3v) is 9.75. The van der Waals surface area contributed by atoms with Gasteiger partial charge in [-0.05, 0) is 12.8 Å². The second kappa shape index (κ2) is 10.6. The molecule has 0 amide bonds. The van der Waals surface area contributed by atoms with Crippen LogP contribution in [-0.4, -0.2) is 86.5 Å². The molecule has 4 aromatic rings. The molecular weight excluding hydrogens is 633 g/mol. The van der Waals surface area contributed by atoms with Crippen molar-refractivity contribution >= 4 is 49.7 Å². The van der Waals surface area contributed by atoms with Crippen molar-refractivity contribution in [2.75, 3.05) is 24.7 Å². The number of nitrogen functional groups attached to an aromatic ring is 2. The number of ether oxygens (including phenoxy) is 1. The van der Waals surface area contributed by atoms with E-state index in [1.807, 2.05) is 0 Å². The number of aromatic nitrogens is 8. The van der Waals surface area contributed by atoms with Crippen molar-refractivity contribution in [2.45, 2.75) is 49.6 Å². The lowest BCUT2D eigenvalue weighted by molar-refractivity contribution is -0.0523. The van der Waals surface area contributed by atoms with Crippen molar-refractivity contribution < 1.29 is 46.1 Å². The smallest absolute Gasteiger partial charge is 0.382 e. The molecule has 9 atom stereocenters. The van der Waals surface area contributed by atoms with Gasteiger partial charge in [-0.15, -0.1) is 0 Å². The number of alkyl halides is 1. The Labute approximate surface area is 244 Å². The molecular formula is C21H25FN10O10P2. The SMILES string of the molecule is Nc1nc2c(ncn2[C@@H]2C[C@@H]3COP(=O)(O)OC4[C@@H](COP(=O)(O)O[C@@H]3C2)O[C@@H](n2cnc3c(N)ncnc32)[C@H]4F)c(=O)[nH]1. The number of hydrogen-bond donors (Lipinski definition) is 5. The fraction of sp³-hybridized carbons (Fsp3) is 0.524. The van der Waals surface area contributed by atoms with Crippen LogP contribution in [0.3, 0.4) is 0 Å². The number of phosphoric ester groups is 2. The van der Waals surface area contributed by atoms with Gasteiger partial charge in [0.05, 0.1) is 32.0 Å². The van der Waals surface area contributed by atoms with E-state index < -0.39 is 77.1 Å². The maximum absolute atomic E-state index is 15.9. The molecule has 6 heterocycles. The molecule has 3 aliphatic rings. The Balaban J connectivity index is 1.15. The molecule has 44 heavy (non-hydrogen) atoms. The number of fused-ring (bicyclic) bond motifs is 4. The van der Waals surface area contributed by atoms with Gasteiger partial charge in [0.25, 0.3) is 5.56 Å². The Morgan fingerprint density at radius 1 is 0.932 bits per heavy atom. The number of aromatic amines is 1. The van der Waals surface area contributed by atoms with E-state index in [-0.39, 0.29) is 46.9 Å². The topological polar surface area (TPSA) is 280 Å². The number of phosphoric acid groups is 2. The quantitative estimate of drug-likeness (QED) is 0.181. The standard InChI is InChI=1S/C21H25FN10O10P2/c22-12-15-11(40-20(12)32-7-27-13-16(23)25-5-26-17(13)32)4-39-43(34,35)41-10-2-9(1-8(10)3-38-44(36,37)42-15)31-6-28-14-18(31)29-21(24)30-19(14)33/h5-12,15,20H,1-4H2,(H,34,35)(H,36,37)(H2,23,25,26)(H3,24,29,30,33)/t8-,9-,10-,11-,12+,15?,20-/m1/s1. The van der Waals surface area contributed by atoms with Crippen LogP contribution in [0.25, 0.3) is 22.3 Å². The molecule has 0 bridgehead atoms. The van der Waals surface area contributed by atoms with Crippen LogP contribution < -0.4 is 17.0 Å². The first-order chi connectivity index (χ1) is 20.9. The predicted octanol–water partition coefficient (Wildman–Crippen LogP) is 0.328. The highest BCUT2D eigenvalue weighted by Crippen LogP contribution is 2.55. The monoisotopic (exact) mass is 658 g/mol. The summed E-state index contributed by atoms with van der Waals surface area (Å²) in [6, 6.07) is -0.502. The van der Waals surface area contributed by atoms with Crippen LogP contribution >= 0.6 is 15.6 Å². The summed E-state index contributed by atoms with van der Waals surface area (Å²) in [5, 5.41) is 0. The summed E-state index contributed by atoms with van der Waals surface area (Å²) >= 11 is 0. The van der Waals surface area contributed by atoms with Gasteiger partial charge in [-0.25, -0.2) is 33.5 Å². The zero-order valence-corrected chi connectivity index (χ0v) is 24.1. The summed E-state index contributed by atoms with van der Waals surface area (Å²) in [5.74, 6) is -0.862. The average molecular weight is 658 g/mol. The number of H-pyrrole nitrogens is 1. The first-order valence-electron chi connectivity index (χ1n) is 13.2. The second-order valence-electron chi connectivity index (χ2n) is 10.5. The number of imidazole rings is 2. The number of hydrogen-bond acceptors (Lipinski definition) is 15. The van der Waals surface area contributed by atoms with Gasteiger partial charge in [-0.1, -0.05) is 0 Å². The van der Waals surface area contributed by atoms with Gasteiger partial charge >= 0.3 is 15.6 Å². The maximum Gasteiger partial charge on any atom is 0.472 e. The molecule has 2 saturated heterocycles. The number of rotatable bonds is 2. The minimum atomic E-state index is -4.95. The van der Waals surface area contributed by atoms with Crippen LogP contribution in [0.5, 0.6) is 0 Å². The lowest BCUT2D eigenvalue weighted by atomic mass is 10.1.